The van der Waals surface area contributed by atoms with Gasteiger partial charge in [-0.1, -0.05) is 18.2 Å². The summed E-state index contributed by atoms with van der Waals surface area (Å²) in [5.74, 6) is 1.80. The Hall–Kier alpha value is -1.72. The Kier molecular flexibility index (Phi) is 5.63. The van der Waals surface area contributed by atoms with E-state index in [1.807, 2.05) is 49.1 Å². The average molecular weight is 345 g/mol. The Morgan fingerprint density at radius 3 is 2.83 bits per heavy atom. The van der Waals surface area contributed by atoms with Crippen LogP contribution in [0.25, 0.3) is 0 Å². The Morgan fingerprint density at radius 1 is 1.25 bits per heavy atom. The van der Waals surface area contributed by atoms with Crippen LogP contribution in [0.15, 0.2) is 47.1 Å². The van der Waals surface area contributed by atoms with Crippen molar-refractivity contribution in [1.82, 2.24) is 4.90 Å². The molecule has 0 unspecified atom stereocenters. The second-order valence-corrected chi connectivity index (χ2v) is 7.17. The number of fused-ring (bicyclic) bond motifs is 1. The highest BCUT2D eigenvalue weighted by Crippen LogP contribution is 2.42. The van der Waals surface area contributed by atoms with Gasteiger partial charge in [-0.15, -0.1) is 11.8 Å². The summed E-state index contributed by atoms with van der Waals surface area (Å²) in [6.07, 6.45) is 2.75. The Labute approximate surface area is 147 Å². The molecule has 128 valence electrons. The summed E-state index contributed by atoms with van der Waals surface area (Å²) in [5, 5.41) is 0.0397. The molecular formula is C19H23NO3S. The largest absolute Gasteiger partial charge is 0.468 e. The number of furan rings is 1. The smallest absolute Gasteiger partial charge is 0.255 e. The molecule has 24 heavy (non-hydrogen) atoms. The minimum absolute atomic E-state index is 0.0397. The highest BCUT2D eigenvalue weighted by molar-refractivity contribution is 7.98. The third kappa shape index (κ3) is 3.84. The van der Waals surface area contributed by atoms with Crippen LogP contribution in [-0.2, 0) is 10.5 Å². The zero-order chi connectivity index (χ0) is 16.9. The number of amides is 1. The van der Waals surface area contributed by atoms with Gasteiger partial charge in [-0.25, -0.2) is 0 Å². The highest BCUT2D eigenvalue weighted by Gasteiger charge is 2.36. The van der Waals surface area contributed by atoms with E-state index in [9.17, 15) is 4.79 Å². The maximum Gasteiger partial charge on any atom is 0.255 e. The molecule has 2 aromatic rings. The first kappa shape index (κ1) is 17.1. The molecule has 1 aromatic heterocycles. The molecule has 2 heterocycles. The molecule has 1 aliphatic heterocycles. The lowest BCUT2D eigenvalue weighted by molar-refractivity contribution is 0.0625. The molecule has 0 fully saturated rings. The summed E-state index contributed by atoms with van der Waals surface area (Å²) in [4.78, 5) is 14.7. The summed E-state index contributed by atoms with van der Waals surface area (Å²) in [5.41, 5.74) is 1.92. The van der Waals surface area contributed by atoms with Crippen molar-refractivity contribution in [2.24, 2.45) is 0 Å². The second-order valence-electron chi connectivity index (χ2n) is 6.10. The second kappa shape index (κ2) is 7.90. The summed E-state index contributed by atoms with van der Waals surface area (Å²) < 4.78 is 11.0. The number of carbonyl (C=O) groups excluding carboxylic acids is 1. The molecule has 1 amide bonds. The molecule has 4 nitrogen and oxygen atoms in total. The van der Waals surface area contributed by atoms with Crippen molar-refractivity contribution in [3.05, 3.63) is 59.5 Å². The number of nitrogens with zero attached hydrogens (tertiary/aromatic N) is 1. The zero-order valence-electron chi connectivity index (χ0n) is 14.1. The predicted octanol–water partition coefficient (Wildman–Crippen LogP) is 4.48. The van der Waals surface area contributed by atoms with Gasteiger partial charge >= 0.3 is 0 Å². The van der Waals surface area contributed by atoms with E-state index in [0.29, 0.717) is 13.2 Å². The Bertz CT molecular complexity index is 669. The average Bonchev–Trinajstić information content (AvgIpc) is 3.17. The van der Waals surface area contributed by atoms with E-state index in [2.05, 4.69) is 6.07 Å². The number of thioether (sulfide) groups is 1. The van der Waals surface area contributed by atoms with Gasteiger partial charge in [-0.05, 0) is 44.0 Å². The zero-order valence-corrected chi connectivity index (χ0v) is 14.9. The molecule has 0 bridgehead atoms. The number of carbonyl (C=O) groups is 1. The molecule has 1 aliphatic rings. The van der Waals surface area contributed by atoms with Gasteiger partial charge in [0, 0.05) is 18.7 Å². The maximum absolute atomic E-state index is 12.7. The lowest BCUT2D eigenvalue weighted by atomic mass is 10.1. The molecule has 0 radical (unpaired) electrons. The highest BCUT2D eigenvalue weighted by atomic mass is 32.2. The number of ether oxygens (including phenoxy) is 1. The molecule has 0 saturated carbocycles. The van der Waals surface area contributed by atoms with Gasteiger partial charge in [0.1, 0.15) is 11.1 Å². The lowest BCUT2D eigenvalue weighted by Gasteiger charge is -2.25. The number of benzene rings is 1. The van der Waals surface area contributed by atoms with E-state index >= 15 is 0 Å². The van der Waals surface area contributed by atoms with Gasteiger partial charge in [0.25, 0.3) is 5.91 Å². The summed E-state index contributed by atoms with van der Waals surface area (Å²) >= 11 is 1.73. The Morgan fingerprint density at radius 2 is 2.08 bits per heavy atom. The summed E-state index contributed by atoms with van der Waals surface area (Å²) in [6.45, 7) is 5.43. The molecule has 1 atom stereocenters. The van der Waals surface area contributed by atoms with Crippen molar-refractivity contribution >= 4 is 17.7 Å². The van der Waals surface area contributed by atoms with Crippen LogP contribution in [0.4, 0.5) is 0 Å². The predicted molar refractivity (Wildman–Crippen MR) is 95.9 cm³/mol. The molecule has 1 aromatic carbocycles. The van der Waals surface area contributed by atoms with Crippen molar-refractivity contribution in [3.8, 4) is 0 Å². The van der Waals surface area contributed by atoms with Crippen LogP contribution in [0.1, 0.15) is 47.3 Å². The van der Waals surface area contributed by atoms with Gasteiger partial charge in [0.15, 0.2) is 0 Å². The van der Waals surface area contributed by atoms with Crippen molar-refractivity contribution in [3.63, 3.8) is 0 Å². The van der Waals surface area contributed by atoms with Crippen LogP contribution in [0, 0.1) is 0 Å². The number of hydrogen-bond acceptors (Lipinski definition) is 4. The first-order valence-corrected chi connectivity index (χ1v) is 9.37. The monoisotopic (exact) mass is 345 g/mol. The van der Waals surface area contributed by atoms with Crippen LogP contribution in [-0.4, -0.2) is 30.1 Å². The molecular weight excluding hydrogens is 322 g/mol. The van der Waals surface area contributed by atoms with Gasteiger partial charge in [0.05, 0.1) is 18.1 Å². The van der Waals surface area contributed by atoms with Gasteiger partial charge in [-0.2, -0.15) is 0 Å². The van der Waals surface area contributed by atoms with Crippen LogP contribution in [0.5, 0.6) is 0 Å². The molecule has 0 N–H and O–H groups in total. The van der Waals surface area contributed by atoms with Crippen molar-refractivity contribution in [2.75, 3.05) is 13.2 Å². The van der Waals surface area contributed by atoms with Gasteiger partial charge < -0.3 is 14.1 Å². The van der Waals surface area contributed by atoms with Crippen LogP contribution in [0.3, 0.4) is 0 Å². The molecule has 3 rings (SSSR count). The molecule has 0 aliphatic carbocycles. The fourth-order valence-electron chi connectivity index (χ4n) is 2.84. The van der Waals surface area contributed by atoms with E-state index in [1.54, 1.807) is 18.0 Å². The van der Waals surface area contributed by atoms with Crippen molar-refractivity contribution in [1.29, 1.82) is 0 Å². The lowest BCUT2D eigenvalue weighted by Crippen LogP contribution is -2.28. The van der Waals surface area contributed by atoms with Gasteiger partial charge in [0.2, 0.25) is 0 Å². The maximum atomic E-state index is 12.7. The van der Waals surface area contributed by atoms with Crippen molar-refractivity contribution < 1.29 is 13.9 Å². The normalized spacial score (nSPS) is 16.9. The quantitative estimate of drug-likeness (QED) is 0.662. The molecule has 0 saturated heterocycles. The van der Waals surface area contributed by atoms with Crippen LogP contribution in [0.2, 0.25) is 0 Å². The first-order chi connectivity index (χ1) is 11.7. The van der Waals surface area contributed by atoms with Crippen LogP contribution < -0.4 is 0 Å². The standard InChI is InChI=1S/C19H23NO3S/c1-14(2)22-12-6-10-20-18(21)16-8-3-4-9-17(16)19(20)24-13-15-7-5-11-23-15/h3-5,7-9,11,14,19H,6,10,12-13H2,1-2H3/t19-/m0/s1. The minimum Gasteiger partial charge on any atom is -0.468 e. The van der Waals surface area contributed by atoms with E-state index in [-0.39, 0.29) is 17.4 Å². The Balaban J connectivity index is 1.69. The third-order valence-electron chi connectivity index (χ3n) is 3.96. The van der Waals surface area contributed by atoms with Gasteiger partial charge in [-0.3, -0.25) is 4.79 Å². The van der Waals surface area contributed by atoms with E-state index in [1.165, 1.54) is 0 Å². The number of hydrogen-bond donors (Lipinski definition) is 0. The van der Waals surface area contributed by atoms with E-state index < -0.39 is 0 Å². The van der Waals surface area contributed by atoms with E-state index in [0.717, 1.165) is 29.1 Å². The molecule has 5 heteroatoms. The minimum atomic E-state index is 0.0397. The van der Waals surface area contributed by atoms with Crippen LogP contribution >= 0.6 is 11.8 Å². The summed E-state index contributed by atoms with van der Waals surface area (Å²) in [7, 11) is 0. The fraction of sp³-hybridized carbons (Fsp3) is 0.421. The fourth-order valence-corrected chi connectivity index (χ4v) is 4.10. The van der Waals surface area contributed by atoms with E-state index in [4.69, 9.17) is 9.15 Å². The number of rotatable bonds is 8. The summed E-state index contributed by atoms with van der Waals surface area (Å²) in [6, 6.07) is 11.8. The topological polar surface area (TPSA) is 42.7 Å². The first-order valence-electron chi connectivity index (χ1n) is 8.32. The third-order valence-corrected chi connectivity index (χ3v) is 5.23. The SMILES string of the molecule is CC(C)OCCCN1C(=O)c2ccccc2[C@@H]1SCc1ccco1. The van der Waals surface area contributed by atoms with Crippen molar-refractivity contribution in [2.45, 2.75) is 37.5 Å². The molecule has 0 spiro atoms.